The fourth-order valence-corrected chi connectivity index (χ4v) is 3.91. The third-order valence-corrected chi connectivity index (χ3v) is 5.55. The van der Waals surface area contributed by atoms with E-state index in [1.54, 1.807) is 11.9 Å². The van der Waals surface area contributed by atoms with Gasteiger partial charge >= 0.3 is 12.1 Å². The second-order valence-electron chi connectivity index (χ2n) is 8.94. The Kier molecular flexibility index (Phi) is 6.52. The predicted octanol–water partition coefficient (Wildman–Crippen LogP) is 2.20. The van der Waals surface area contributed by atoms with Crippen LogP contribution in [0.2, 0.25) is 0 Å². The number of amidine groups is 1. The smallest absolute Gasteiger partial charge is 0.443 e. The van der Waals surface area contributed by atoms with E-state index in [1.807, 2.05) is 39.0 Å². The van der Waals surface area contributed by atoms with Crippen LogP contribution >= 0.6 is 0 Å². The zero-order valence-electron chi connectivity index (χ0n) is 18.7. The lowest BCUT2D eigenvalue weighted by Gasteiger charge is -2.33. The first-order valence-corrected chi connectivity index (χ1v) is 10.6. The number of rotatable bonds is 3. The number of urea groups is 1. The van der Waals surface area contributed by atoms with E-state index in [0.717, 1.165) is 24.1 Å². The highest BCUT2D eigenvalue weighted by molar-refractivity contribution is 6.03. The van der Waals surface area contributed by atoms with Crippen molar-refractivity contribution in [1.82, 2.24) is 10.2 Å². The van der Waals surface area contributed by atoms with Crippen molar-refractivity contribution in [1.29, 1.82) is 0 Å². The van der Waals surface area contributed by atoms with Crippen molar-refractivity contribution in [3.05, 3.63) is 29.3 Å². The number of carbonyl (C=O) groups is 3. The van der Waals surface area contributed by atoms with E-state index in [9.17, 15) is 14.4 Å². The number of anilines is 1. The Morgan fingerprint density at radius 2 is 1.94 bits per heavy atom. The topological polar surface area (TPSA) is 117 Å². The molecule has 2 fully saturated rings. The fraction of sp³-hybridized carbons (Fsp3) is 0.545. The first kappa shape index (κ1) is 22.6. The summed E-state index contributed by atoms with van der Waals surface area (Å²) >= 11 is 0. The molecule has 2 saturated heterocycles. The number of amides is 4. The maximum atomic E-state index is 12.3. The number of imide groups is 1. The summed E-state index contributed by atoms with van der Waals surface area (Å²) in [6.45, 7) is 7.15. The van der Waals surface area contributed by atoms with Gasteiger partial charge in [-0.25, -0.2) is 14.9 Å². The highest BCUT2D eigenvalue weighted by atomic mass is 16.6. The van der Waals surface area contributed by atoms with E-state index in [2.05, 4.69) is 10.6 Å². The summed E-state index contributed by atoms with van der Waals surface area (Å²) in [7, 11) is 1.81. The first-order chi connectivity index (χ1) is 14.6. The minimum atomic E-state index is -0.505. The molecule has 4 amide bonds. The van der Waals surface area contributed by atoms with E-state index in [-0.39, 0.29) is 25.0 Å². The van der Waals surface area contributed by atoms with Crippen molar-refractivity contribution in [2.45, 2.75) is 51.6 Å². The molecule has 9 nitrogen and oxygen atoms in total. The second-order valence-corrected chi connectivity index (χ2v) is 8.94. The lowest BCUT2D eigenvalue weighted by atomic mass is 9.88. The van der Waals surface area contributed by atoms with Crippen LogP contribution in [-0.2, 0) is 9.53 Å². The van der Waals surface area contributed by atoms with Gasteiger partial charge in [0.15, 0.2) is 0 Å². The van der Waals surface area contributed by atoms with E-state index < -0.39 is 11.6 Å². The largest absolute Gasteiger partial charge is 0.444 e. The third kappa shape index (κ3) is 5.34. The molecule has 0 spiro atoms. The number of nitrogens with two attached hydrogens (primary N) is 1. The van der Waals surface area contributed by atoms with Gasteiger partial charge in [-0.2, -0.15) is 4.58 Å². The molecular formula is C22H32N5O4+. The van der Waals surface area contributed by atoms with Gasteiger partial charge in [-0.15, -0.1) is 0 Å². The molecule has 0 aromatic heterocycles. The summed E-state index contributed by atoms with van der Waals surface area (Å²) in [5.41, 5.74) is 8.47. The molecule has 9 heteroatoms. The summed E-state index contributed by atoms with van der Waals surface area (Å²) in [5, 5.41) is 5.45. The predicted molar refractivity (Wildman–Crippen MR) is 117 cm³/mol. The zero-order chi connectivity index (χ0) is 22.8. The number of ether oxygens (including phenoxy) is 1. The normalized spacial score (nSPS) is 19.7. The van der Waals surface area contributed by atoms with Crippen molar-refractivity contribution in [3.8, 4) is 0 Å². The SMILES string of the molecule is CNc1cc(C2CCN(C(=O)OC(C)(C)C)CC2)ccc1/C(N)=[N+]1\CCC(=O)NC1=O. The number of hydrogen-bond acceptors (Lipinski definition) is 5. The van der Waals surface area contributed by atoms with Crippen molar-refractivity contribution in [2.75, 3.05) is 32.0 Å². The Balaban J connectivity index is 1.73. The van der Waals surface area contributed by atoms with Gasteiger partial charge in [0.1, 0.15) is 5.60 Å². The van der Waals surface area contributed by atoms with Crippen LogP contribution in [-0.4, -0.2) is 65.6 Å². The maximum absolute atomic E-state index is 12.3. The average Bonchev–Trinajstić information content (AvgIpc) is 2.71. The molecule has 1 aromatic rings. The van der Waals surface area contributed by atoms with Crippen LogP contribution < -0.4 is 16.4 Å². The number of hydrogen-bond donors (Lipinski definition) is 3. The maximum Gasteiger partial charge on any atom is 0.443 e. The monoisotopic (exact) mass is 430 g/mol. The Hall–Kier alpha value is -3.10. The van der Waals surface area contributed by atoms with Crippen LogP contribution in [0.5, 0.6) is 0 Å². The molecule has 0 aliphatic carbocycles. The Labute approximate surface area is 182 Å². The zero-order valence-corrected chi connectivity index (χ0v) is 18.7. The number of nitrogens with zero attached hydrogens (tertiary/aromatic N) is 2. The van der Waals surface area contributed by atoms with Crippen molar-refractivity contribution >= 4 is 29.6 Å². The van der Waals surface area contributed by atoms with Crippen molar-refractivity contribution in [3.63, 3.8) is 0 Å². The number of nitrogens with one attached hydrogen (secondary N) is 2. The van der Waals surface area contributed by atoms with E-state index in [0.29, 0.717) is 30.4 Å². The van der Waals surface area contributed by atoms with Gasteiger partial charge in [0.05, 0.1) is 18.5 Å². The fourth-order valence-electron chi connectivity index (χ4n) is 3.91. The molecular weight excluding hydrogens is 398 g/mol. The molecule has 0 radical (unpaired) electrons. The van der Waals surface area contributed by atoms with Crippen LogP contribution in [0.1, 0.15) is 57.1 Å². The van der Waals surface area contributed by atoms with E-state index in [4.69, 9.17) is 10.5 Å². The first-order valence-electron chi connectivity index (χ1n) is 10.6. The summed E-state index contributed by atoms with van der Waals surface area (Å²) < 4.78 is 6.86. The minimum absolute atomic E-state index is 0.218. The highest BCUT2D eigenvalue weighted by Gasteiger charge is 2.30. The summed E-state index contributed by atoms with van der Waals surface area (Å²) in [6.07, 6.45) is 1.64. The number of piperidine rings is 1. The Bertz CT molecular complexity index is 911. The van der Waals surface area contributed by atoms with Gasteiger partial charge in [-0.05, 0) is 57.2 Å². The molecule has 0 unspecified atom stereocenters. The lowest BCUT2D eigenvalue weighted by molar-refractivity contribution is -0.432. The average molecular weight is 431 g/mol. The summed E-state index contributed by atoms with van der Waals surface area (Å²) in [6, 6.07) is 5.46. The van der Waals surface area contributed by atoms with Gasteiger partial charge in [-0.3, -0.25) is 4.79 Å². The van der Waals surface area contributed by atoms with Crippen LogP contribution in [0, 0.1) is 0 Å². The quantitative estimate of drug-likeness (QED) is 0.500. The standard InChI is InChI=1S/C22H31N5O4/c1-22(2,3)31-21(30)26-10-7-14(8-11-26)15-5-6-16(17(13-15)24-4)19(23)27-12-9-18(28)25-20(27)29/h5-6,13-14H,7-12H2,1-4H3,(H3,23,24,25,28,29)/p+1. The van der Waals surface area contributed by atoms with Crippen LogP contribution in [0.15, 0.2) is 18.2 Å². The Morgan fingerprint density at radius 3 is 2.52 bits per heavy atom. The minimum Gasteiger partial charge on any atom is -0.444 e. The van der Waals surface area contributed by atoms with Crippen molar-refractivity contribution < 1.29 is 23.7 Å². The molecule has 3 rings (SSSR count). The van der Waals surface area contributed by atoms with Crippen LogP contribution in [0.25, 0.3) is 0 Å². The molecule has 0 atom stereocenters. The second kappa shape index (κ2) is 8.95. The molecule has 2 aliphatic heterocycles. The molecule has 31 heavy (non-hydrogen) atoms. The van der Waals surface area contributed by atoms with Gasteiger partial charge in [0.25, 0.3) is 5.91 Å². The van der Waals surface area contributed by atoms with Crippen molar-refractivity contribution in [2.24, 2.45) is 5.73 Å². The van der Waals surface area contributed by atoms with Gasteiger partial charge in [-0.1, -0.05) is 6.07 Å². The number of benzene rings is 1. The Morgan fingerprint density at radius 1 is 1.26 bits per heavy atom. The molecule has 2 heterocycles. The molecule has 2 aliphatic rings. The molecule has 1 aromatic carbocycles. The van der Waals surface area contributed by atoms with E-state index in [1.165, 1.54) is 4.58 Å². The molecule has 0 saturated carbocycles. The van der Waals surface area contributed by atoms with Crippen LogP contribution in [0.3, 0.4) is 0 Å². The van der Waals surface area contributed by atoms with Crippen LogP contribution in [0.4, 0.5) is 15.3 Å². The molecule has 168 valence electrons. The number of likely N-dealkylation sites (tertiary alicyclic amines) is 1. The number of carbonyl (C=O) groups excluding carboxylic acids is 3. The van der Waals surface area contributed by atoms with E-state index >= 15 is 0 Å². The van der Waals surface area contributed by atoms with Gasteiger partial charge in [0, 0.05) is 25.8 Å². The highest BCUT2D eigenvalue weighted by Crippen LogP contribution is 2.31. The van der Waals surface area contributed by atoms with Gasteiger partial charge < -0.3 is 20.7 Å². The molecule has 0 bridgehead atoms. The summed E-state index contributed by atoms with van der Waals surface area (Å²) in [5.74, 6) is 0.327. The third-order valence-electron chi connectivity index (χ3n) is 5.55. The summed E-state index contributed by atoms with van der Waals surface area (Å²) in [4.78, 5) is 37.6. The lowest BCUT2D eigenvalue weighted by Crippen LogP contribution is -2.48. The van der Waals surface area contributed by atoms with Gasteiger partial charge in [0.2, 0.25) is 5.84 Å². The molecule has 4 N–H and O–H groups in total.